The highest BCUT2D eigenvalue weighted by atomic mass is 19.1. The molecule has 2 rings (SSSR count). The summed E-state index contributed by atoms with van der Waals surface area (Å²) in [6, 6.07) is 4.15. The Kier molecular flexibility index (Phi) is 4.06. The van der Waals surface area contributed by atoms with Gasteiger partial charge in [-0.1, -0.05) is 13.0 Å². The van der Waals surface area contributed by atoms with Gasteiger partial charge in [0.05, 0.1) is 11.8 Å². The molecule has 0 bridgehead atoms. The first-order valence-corrected chi connectivity index (χ1v) is 6.68. The van der Waals surface area contributed by atoms with Crippen LogP contribution in [0.4, 0.5) is 10.1 Å². The summed E-state index contributed by atoms with van der Waals surface area (Å²) in [4.78, 5) is 23.4. The van der Waals surface area contributed by atoms with Crippen LogP contribution in [0.25, 0.3) is 0 Å². The number of anilines is 1. The number of hydrogen-bond donors (Lipinski definition) is 2. The molecular weight excluding hydrogens is 261 g/mol. The van der Waals surface area contributed by atoms with Crippen molar-refractivity contribution in [2.45, 2.75) is 26.7 Å². The first kappa shape index (κ1) is 14.5. The number of hydrogen-bond acceptors (Lipinski definition) is 2. The molecule has 0 heterocycles. The quantitative estimate of drug-likeness (QED) is 0.894. The van der Waals surface area contributed by atoms with Gasteiger partial charge in [0.1, 0.15) is 5.82 Å². The van der Waals surface area contributed by atoms with Gasteiger partial charge >= 0.3 is 5.97 Å². The Labute approximate surface area is 117 Å². The molecule has 0 aromatic heterocycles. The molecule has 0 radical (unpaired) electrons. The highest BCUT2D eigenvalue weighted by Crippen LogP contribution is 2.37. The third-order valence-electron chi connectivity index (χ3n) is 3.91. The summed E-state index contributed by atoms with van der Waals surface area (Å²) in [6.45, 7) is 3.71. The lowest BCUT2D eigenvalue weighted by Gasteiger charge is -2.16. The lowest BCUT2D eigenvalue weighted by Crippen LogP contribution is -2.30. The normalized spacial score (nSPS) is 25.4. The van der Waals surface area contributed by atoms with Gasteiger partial charge in [-0.15, -0.1) is 0 Å². The van der Waals surface area contributed by atoms with E-state index in [4.69, 9.17) is 0 Å². The molecule has 4 nitrogen and oxygen atoms in total. The zero-order valence-corrected chi connectivity index (χ0v) is 11.5. The van der Waals surface area contributed by atoms with Crippen LogP contribution in [0.2, 0.25) is 0 Å². The van der Waals surface area contributed by atoms with Gasteiger partial charge in [0, 0.05) is 5.69 Å². The second-order valence-electron chi connectivity index (χ2n) is 5.58. The SMILES string of the molecule is Cc1ccc(F)cc1NC(=O)C1CC(C)CC1C(=O)O. The fourth-order valence-corrected chi connectivity index (χ4v) is 2.81. The molecule has 3 atom stereocenters. The summed E-state index contributed by atoms with van der Waals surface area (Å²) in [6.07, 6.45) is 1.06. The average Bonchev–Trinajstić information content (AvgIpc) is 2.76. The smallest absolute Gasteiger partial charge is 0.307 e. The van der Waals surface area contributed by atoms with E-state index in [-0.39, 0.29) is 11.8 Å². The van der Waals surface area contributed by atoms with E-state index in [0.29, 0.717) is 18.5 Å². The number of aryl methyl sites for hydroxylation is 1. The number of amides is 1. The van der Waals surface area contributed by atoms with Crippen molar-refractivity contribution in [1.29, 1.82) is 0 Å². The monoisotopic (exact) mass is 279 g/mol. The topological polar surface area (TPSA) is 66.4 Å². The van der Waals surface area contributed by atoms with Crippen LogP contribution < -0.4 is 5.32 Å². The van der Waals surface area contributed by atoms with Gasteiger partial charge in [0.2, 0.25) is 5.91 Å². The van der Waals surface area contributed by atoms with Gasteiger partial charge in [-0.2, -0.15) is 0 Å². The van der Waals surface area contributed by atoms with E-state index >= 15 is 0 Å². The van der Waals surface area contributed by atoms with E-state index in [9.17, 15) is 19.1 Å². The first-order chi connectivity index (χ1) is 9.38. The van der Waals surface area contributed by atoms with Gasteiger partial charge in [0.25, 0.3) is 0 Å². The minimum atomic E-state index is -0.939. The van der Waals surface area contributed by atoms with Crippen LogP contribution in [-0.2, 0) is 9.59 Å². The maximum Gasteiger partial charge on any atom is 0.307 e. The molecule has 3 unspecified atom stereocenters. The maximum atomic E-state index is 13.2. The number of nitrogens with one attached hydrogen (secondary N) is 1. The van der Waals surface area contributed by atoms with Gasteiger partial charge in [-0.3, -0.25) is 9.59 Å². The van der Waals surface area contributed by atoms with Crippen LogP contribution >= 0.6 is 0 Å². The Bertz CT molecular complexity index is 544. The van der Waals surface area contributed by atoms with Crippen molar-refractivity contribution in [1.82, 2.24) is 0 Å². The number of halogens is 1. The van der Waals surface area contributed by atoms with E-state index in [0.717, 1.165) is 5.56 Å². The Morgan fingerprint density at radius 3 is 2.60 bits per heavy atom. The molecule has 108 valence electrons. The standard InChI is InChI=1S/C15H18FNO3/c1-8-5-11(12(6-8)15(19)20)14(18)17-13-7-10(16)4-3-9(13)2/h3-4,7-8,11-12H,5-6H2,1-2H3,(H,17,18)(H,19,20). The number of rotatable bonds is 3. The Morgan fingerprint density at radius 1 is 1.30 bits per heavy atom. The molecule has 1 aromatic rings. The number of carboxylic acids is 1. The van der Waals surface area contributed by atoms with Gasteiger partial charge in [-0.25, -0.2) is 4.39 Å². The molecular formula is C15H18FNO3. The predicted molar refractivity (Wildman–Crippen MR) is 72.8 cm³/mol. The summed E-state index contributed by atoms with van der Waals surface area (Å²) in [7, 11) is 0. The van der Waals surface area contributed by atoms with Crippen LogP contribution in [0.3, 0.4) is 0 Å². The Balaban J connectivity index is 2.15. The largest absolute Gasteiger partial charge is 0.481 e. The fourth-order valence-electron chi connectivity index (χ4n) is 2.81. The molecule has 0 saturated heterocycles. The van der Waals surface area contributed by atoms with Crippen molar-refractivity contribution in [3.05, 3.63) is 29.6 Å². The van der Waals surface area contributed by atoms with Crippen molar-refractivity contribution in [2.24, 2.45) is 17.8 Å². The summed E-state index contributed by atoms with van der Waals surface area (Å²) in [5, 5.41) is 11.8. The van der Waals surface area contributed by atoms with Crippen LogP contribution in [0, 0.1) is 30.5 Å². The molecule has 2 N–H and O–H groups in total. The summed E-state index contributed by atoms with van der Waals surface area (Å²) in [5.74, 6) is -2.70. The number of carboxylic acid groups (broad SMARTS) is 1. The molecule has 1 saturated carbocycles. The second-order valence-corrected chi connectivity index (χ2v) is 5.58. The summed E-state index contributed by atoms with van der Waals surface area (Å²) in [5.41, 5.74) is 1.15. The van der Waals surface area contributed by atoms with Crippen LogP contribution in [-0.4, -0.2) is 17.0 Å². The number of aliphatic carboxylic acids is 1. The second kappa shape index (κ2) is 5.61. The van der Waals surface area contributed by atoms with Crippen molar-refractivity contribution < 1.29 is 19.1 Å². The third-order valence-corrected chi connectivity index (χ3v) is 3.91. The van der Waals surface area contributed by atoms with E-state index in [2.05, 4.69) is 5.32 Å². The van der Waals surface area contributed by atoms with E-state index in [1.54, 1.807) is 13.0 Å². The molecule has 1 aliphatic carbocycles. The highest BCUT2D eigenvalue weighted by Gasteiger charge is 2.41. The third kappa shape index (κ3) is 2.98. The van der Waals surface area contributed by atoms with Gasteiger partial charge in [-0.05, 0) is 43.4 Å². The lowest BCUT2D eigenvalue weighted by molar-refractivity contribution is -0.145. The zero-order chi connectivity index (χ0) is 14.9. The molecule has 1 fully saturated rings. The van der Waals surface area contributed by atoms with Crippen LogP contribution in [0.5, 0.6) is 0 Å². The van der Waals surface area contributed by atoms with Gasteiger partial charge in [0.15, 0.2) is 0 Å². The maximum absolute atomic E-state index is 13.2. The van der Waals surface area contributed by atoms with E-state index < -0.39 is 23.6 Å². The molecule has 1 aromatic carbocycles. The number of carbonyl (C=O) groups is 2. The van der Waals surface area contributed by atoms with E-state index in [1.165, 1.54) is 12.1 Å². The Morgan fingerprint density at radius 2 is 1.95 bits per heavy atom. The molecule has 0 aliphatic heterocycles. The van der Waals surface area contributed by atoms with Crippen molar-refractivity contribution in [2.75, 3.05) is 5.32 Å². The summed E-state index contributed by atoms with van der Waals surface area (Å²) >= 11 is 0. The minimum absolute atomic E-state index is 0.209. The number of carbonyl (C=O) groups excluding carboxylic acids is 1. The van der Waals surface area contributed by atoms with Crippen molar-refractivity contribution in [3.8, 4) is 0 Å². The molecule has 1 amide bonds. The average molecular weight is 279 g/mol. The first-order valence-electron chi connectivity index (χ1n) is 6.68. The van der Waals surface area contributed by atoms with Crippen LogP contribution in [0.1, 0.15) is 25.3 Å². The Hall–Kier alpha value is -1.91. The van der Waals surface area contributed by atoms with E-state index in [1.807, 2.05) is 6.92 Å². The van der Waals surface area contributed by atoms with Gasteiger partial charge < -0.3 is 10.4 Å². The lowest BCUT2D eigenvalue weighted by atomic mass is 9.95. The van der Waals surface area contributed by atoms with Crippen molar-refractivity contribution in [3.63, 3.8) is 0 Å². The fraction of sp³-hybridized carbons (Fsp3) is 0.467. The predicted octanol–water partition coefficient (Wildman–Crippen LogP) is 2.82. The zero-order valence-electron chi connectivity index (χ0n) is 11.5. The molecule has 20 heavy (non-hydrogen) atoms. The molecule has 5 heteroatoms. The van der Waals surface area contributed by atoms with Crippen molar-refractivity contribution >= 4 is 17.6 Å². The minimum Gasteiger partial charge on any atom is -0.481 e. The van der Waals surface area contributed by atoms with Crippen LogP contribution in [0.15, 0.2) is 18.2 Å². The summed E-state index contributed by atoms with van der Waals surface area (Å²) < 4.78 is 13.2. The molecule has 1 aliphatic rings. The highest BCUT2D eigenvalue weighted by molar-refractivity contribution is 5.96. The number of benzene rings is 1. The molecule has 0 spiro atoms.